The average Bonchev–Trinajstić information content (AvgIpc) is 2.86. The number of hydrogen-bond donors (Lipinski definition) is 0. The van der Waals surface area contributed by atoms with Crippen molar-refractivity contribution in [3.05, 3.63) is 24.0 Å². The van der Waals surface area contributed by atoms with Gasteiger partial charge in [-0.15, -0.1) is 0 Å². The van der Waals surface area contributed by atoms with E-state index in [0.29, 0.717) is 18.7 Å². The van der Waals surface area contributed by atoms with Gasteiger partial charge in [0.25, 0.3) is 0 Å². The van der Waals surface area contributed by atoms with Crippen molar-refractivity contribution in [1.82, 2.24) is 9.47 Å². The Morgan fingerprint density at radius 2 is 2.14 bits per heavy atom. The van der Waals surface area contributed by atoms with Crippen LogP contribution in [0.3, 0.4) is 0 Å². The maximum absolute atomic E-state index is 12.1. The van der Waals surface area contributed by atoms with Crippen LogP contribution in [0.5, 0.6) is 0 Å². The first-order chi connectivity index (χ1) is 10.1. The fourth-order valence-corrected chi connectivity index (χ4v) is 2.61. The third kappa shape index (κ3) is 4.09. The molecule has 0 spiro atoms. The second-order valence-corrected chi connectivity index (χ2v) is 5.72. The summed E-state index contributed by atoms with van der Waals surface area (Å²) in [5.74, 6) is -0.148. The van der Waals surface area contributed by atoms with Gasteiger partial charge in [0.15, 0.2) is 0 Å². The topological polar surface area (TPSA) is 51.5 Å². The lowest BCUT2D eigenvalue weighted by Crippen LogP contribution is -2.34. The number of esters is 1. The van der Waals surface area contributed by atoms with Gasteiger partial charge in [-0.1, -0.05) is 6.42 Å². The van der Waals surface area contributed by atoms with Crippen LogP contribution < -0.4 is 0 Å². The highest BCUT2D eigenvalue weighted by molar-refractivity contribution is 5.87. The Morgan fingerprint density at radius 3 is 2.90 bits per heavy atom. The third-order valence-electron chi connectivity index (χ3n) is 3.81. The molecule has 0 aromatic carbocycles. The summed E-state index contributed by atoms with van der Waals surface area (Å²) < 4.78 is 7.20. The molecule has 1 aliphatic rings. The molecule has 0 saturated carbocycles. The smallest absolute Gasteiger partial charge is 0.355 e. The fourth-order valence-electron chi connectivity index (χ4n) is 2.61. The van der Waals surface area contributed by atoms with Gasteiger partial charge in [0.05, 0.1) is 6.54 Å². The van der Waals surface area contributed by atoms with E-state index in [4.69, 9.17) is 4.74 Å². The summed E-state index contributed by atoms with van der Waals surface area (Å²) in [5.41, 5.74) is 0.562. The molecule has 2 rings (SSSR count). The summed E-state index contributed by atoms with van der Waals surface area (Å²) in [6.07, 6.45) is 5.60. The SMILES string of the molecule is CC(C)n1cccc1C(=O)OCCN1CCCCCC1=O. The van der Waals surface area contributed by atoms with Crippen molar-refractivity contribution < 1.29 is 14.3 Å². The molecule has 5 heteroatoms. The number of nitrogens with zero attached hydrogens (tertiary/aromatic N) is 2. The van der Waals surface area contributed by atoms with Gasteiger partial charge in [-0.3, -0.25) is 4.79 Å². The summed E-state index contributed by atoms with van der Waals surface area (Å²) in [5, 5.41) is 0. The number of carbonyl (C=O) groups excluding carboxylic acids is 2. The van der Waals surface area contributed by atoms with E-state index in [1.54, 1.807) is 6.07 Å². The van der Waals surface area contributed by atoms with Crippen molar-refractivity contribution in [1.29, 1.82) is 0 Å². The molecule has 0 unspecified atom stereocenters. The predicted octanol–water partition coefficient (Wildman–Crippen LogP) is 2.63. The molecule has 1 saturated heterocycles. The molecule has 1 amide bonds. The first kappa shape index (κ1) is 15.6. The Hall–Kier alpha value is -1.78. The first-order valence-corrected chi connectivity index (χ1v) is 7.71. The standard InChI is InChI=1S/C16H24N2O3/c1-13(2)18-10-6-7-14(18)16(20)21-12-11-17-9-5-3-4-8-15(17)19/h6-7,10,13H,3-5,8-9,11-12H2,1-2H3. The Bertz CT molecular complexity index is 493. The highest BCUT2D eigenvalue weighted by Crippen LogP contribution is 2.13. The van der Waals surface area contributed by atoms with Crippen LogP contribution in [0.15, 0.2) is 18.3 Å². The maximum Gasteiger partial charge on any atom is 0.355 e. The summed E-state index contributed by atoms with van der Waals surface area (Å²) in [6.45, 7) is 5.57. The van der Waals surface area contributed by atoms with Gasteiger partial charge < -0.3 is 14.2 Å². The van der Waals surface area contributed by atoms with Crippen molar-refractivity contribution in [2.45, 2.75) is 45.6 Å². The zero-order valence-corrected chi connectivity index (χ0v) is 12.9. The minimum atomic E-state index is -0.323. The van der Waals surface area contributed by atoms with E-state index < -0.39 is 0 Å². The number of aromatic nitrogens is 1. The lowest BCUT2D eigenvalue weighted by atomic mass is 10.2. The fraction of sp³-hybridized carbons (Fsp3) is 0.625. The molecule has 21 heavy (non-hydrogen) atoms. The van der Waals surface area contributed by atoms with E-state index >= 15 is 0 Å². The molecule has 0 bridgehead atoms. The molecular weight excluding hydrogens is 268 g/mol. The van der Waals surface area contributed by atoms with Crippen LogP contribution in [0.25, 0.3) is 0 Å². The summed E-state index contributed by atoms with van der Waals surface area (Å²) in [6, 6.07) is 3.82. The zero-order chi connectivity index (χ0) is 15.2. The number of ether oxygens (including phenoxy) is 1. The monoisotopic (exact) mass is 292 g/mol. The average molecular weight is 292 g/mol. The van der Waals surface area contributed by atoms with Crippen molar-refractivity contribution in [3.63, 3.8) is 0 Å². The molecule has 116 valence electrons. The highest BCUT2D eigenvalue weighted by atomic mass is 16.5. The van der Waals surface area contributed by atoms with Crippen LogP contribution in [0.2, 0.25) is 0 Å². The van der Waals surface area contributed by atoms with Gasteiger partial charge in [-0.05, 0) is 38.8 Å². The number of likely N-dealkylation sites (tertiary alicyclic amines) is 1. The maximum atomic E-state index is 12.1. The van der Waals surface area contributed by atoms with Crippen LogP contribution >= 0.6 is 0 Å². The van der Waals surface area contributed by atoms with Crippen molar-refractivity contribution in [2.75, 3.05) is 19.7 Å². The van der Waals surface area contributed by atoms with E-state index in [1.165, 1.54) is 0 Å². The largest absolute Gasteiger partial charge is 0.459 e. The number of rotatable bonds is 5. The number of hydrogen-bond acceptors (Lipinski definition) is 3. The summed E-state index contributed by atoms with van der Waals surface area (Å²) >= 11 is 0. The third-order valence-corrected chi connectivity index (χ3v) is 3.81. The van der Waals surface area contributed by atoms with E-state index in [9.17, 15) is 9.59 Å². The normalized spacial score (nSPS) is 16.1. The van der Waals surface area contributed by atoms with Crippen LogP contribution in [-0.2, 0) is 9.53 Å². The van der Waals surface area contributed by atoms with Crippen molar-refractivity contribution >= 4 is 11.9 Å². The molecular formula is C16H24N2O3. The molecule has 1 fully saturated rings. The molecule has 2 heterocycles. The van der Waals surface area contributed by atoms with Gasteiger partial charge in [0.2, 0.25) is 5.91 Å². The molecule has 0 atom stereocenters. The lowest BCUT2D eigenvalue weighted by molar-refractivity contribution is -0.131. The Balaban J connectivity index is 1.83. The minimum absolute atomic E-state index is 0.175. The van der Waals surface area contributed by atoms with Crippen molar-refractivity contribution in [2.24, 2.45) is 0 Å². The molecule has 5 nitrogen and oxygen atoms in total. The Morgan fingerprint density at radius 1 is 1.33 bits per heavy atom. The number of carbonyl (C=O) groups is 2. The first-order valence-electron chi connectivity index (χ1n) is 7.71. The van der Waals surface area contributed by atoms with E-state index in [0.717, 1.165) is 25.8 Å². The van der Waals surface area contributed by atoms with E-state index in [2.05, 4.69) is 0 Å². The zero-order valence-electron chi connectivity index (χ0n) is 12.9. The lowest BCUT2D eigenvalue weighted by Gasteiger charge is -2.20. The molecule has 1 aliphatic heterocycles. The van der Waals surface area contributed by atoms with Crippen LogP contribution in [0.4, 0.5) is 0 Å². The second-order valence-electron chi connectivity index (χ2n) is 5.72. The summed E-state index contributed by atoms with van der Waals surface area (Å²) in [7, 11) is 0. The van der Waals surface area contributed by atoms with Crippen LogP contribution in [0, 0.1) is 0 Å². The van der Waals surface area contributed by atoms with Gasteiger partial charge >= 0.3 is 5.97 Å². The second kappa shape index (κ2) is 7.29. The molecule has 0 aliphatic carbocycles. The summed E-state index contributed by atoms with van der Waals surface area (Å²) in [4.78, 5) is 25.7. The van der Waals surface area contributed by atoms with Gasteiger partial charge in [0, 0.05) is 25.2 Å². The van der Waals surface area contributed by atoms with E-state index in [-0.39, 0.29) is 24.5 Å². The highest BCUT2D eigenvalue weighted by Gasteiger charge is 2.18. The molecule has 1 aromatic rings. The molecule has 0 N–H and O–H groups in total. The van der Waals surface area contributed by atoms with Gasteiger partial charge in [-0.25, -0.2) is 4.79 Å². The van der Waals surface area contributed by atoms with Crippen LogP contribution in [0.1, 0.15) is 56.1 Å². The minimum Gasteiger partial charge on any atom is -0.459 e. The van der Waals surface area contributed by atoms with Gasteiger partial charge in [0.1, 0.15) is 12.3 Å². The van der Waals surface area contributed by atoms with Crippen molar-refractivity contribution in [3.8, 4) is 0 Å². The Labute approximate surface area is 125 Å². The van der Waals surface area contributed by atoms with Gasteiger partial charge in [-0.2, -0.15) is 0 Å². The molecule has 0 radical (unpaired) electrons. The quantitative estimate of drug-likeness (QED) is 0.784. The van der Waals surface area contributed by atoms with E-state index in [1.807, 2.05) is 35.6 Å². The number of amides is 1. The molecule has 1 aromatic heterocycles. The Kier molecular flexibility index (Phi) is 5.42. The van der Waals surface area contributed by atoms with Crippen LogP contribution in [-0.4, -0.2) is 41.0 Å². The predicted molar refractivity (Wildman–Crippen MR) is 80.1 cm³/mol.